The van der Waals surface area contributed by atoms with Crippen molar-refractivity contribution in [3.8, 4) is 0 Å². The first-order valence-corrected chi connectivity index (χ1v) is 9.01. The van der Waals surface area contributed by atoms with E-state index in [9.17, 15) is 9.59 Å². The lowest BCUT2D eigenvalue weighted by atomic mass is 9.86. The second kappa shape index (κ2) is 10.7. The summed E-state index contributed by atoms with van der Waals surface area (Å²) in [5, 5.41) is 0. The minimum absolute atomic E-state index is 0.0650. The Labute approximate surface area is 145 Å². The molecule has 0 saturated heterocycles. The van der Waals surface area contributed by atoms with Crippen molar-refractivity contribution in [1.29, 1.82) is 0 Å². The molecule has 6 heteroatoms. The molecule has 1 saturated carbocycles. The molecular weight excluding hydrogens is 312 g/mol. The van der Waals surface area contributed by atoms with E-state index in [1.807, 2.05) is 13.8 Å². The first kappa shape index (κ1) is 20.9. The predicted molar refractivity (Wildman–Crippen MR) is 89.3 cm³/mol. The van der Waals surface area contributed by atoms with Crippen LogP contribution in [0.5, 0.6) is 0 Å². The molecule has 0 aliphatic heterocycles. The molecule has 1 rings (SSSR count). The number of esters is 2. The molecule has 6 nitrogen and oxygen atoms in total. The Balaban J connectivity index is 2.44. The second-order valence-electron chi connectivity index (χ2n) is 6.45. The summed E-state index contributed by atoms with van der Waals surface area (Å²) in [7, 11) is 0. The van der Waals surface area contributed by atoms with Crippen LogP contribution in [-0.4, -0.2) is 44.7 Å². The van der Waals surface area contributed by atoms with Gasteiger partial charge in [0.25, 0.3) is 0 Å². The lowest BCUT2D eigenvalue weighted by molar-refractivity contribution is -0.173. The molecule has 3 unspecified atom stereocenters. The van der Waals surface area contributed by atoms with Gasteiger partial charge in [-0.2, -0.15) is 0 Å². The van der Waals surface area contributed by atoms with Gasteiger partial charge < -0.3 is 18.9 Å². The Hall–Kier alpha value is -1.14. The van der Waals surface area contributed by atoms with Crippen molar-refractivity contribution in [2.45, 2.75) is 65.9 Å². The maximum atomic E-state index is 12.0. The molecule has 0 amide bonds. The quantitative estimate of drug-likeness (QED) is 0.344. The van der Waals surface area contributed by atoms with E-state index in [1.165, 1.54) is 0 Å². The number of hydrogen-bond acceptors (Lipinski definition) is 6. The number of rotatable bonds is 10. The Morgan fingerprint density at radius 1 is 1.04 bits per heavy atom. The fraction of sp³-hybridized carbons (Fsp3) is 0.889. The zero-order chi connectivity index (χ0) is 18.0. The molecule has 0 spiro atoms. The fourth-order valence-electron chi connectivity index (χ4n) is 2.83. The summed E-state index contributed by atoms with van der Waals surface area (Å²) in [6, 6.07) is 0. The highest BCUT2D eigenvalue weighted by Gasteiger charge is 2.35. The average molecular weight is 344 g/mol. The van der Waals surface area contributed by atoms with Crippen LogP contribution in [0.25, 0.3) is 0 Å². The second-order valence-corrected chi connectivity index (χ2v) is 6.45. The SMILES string of the molecule is CCOC(=O)C1CCCCC1OCOCC(C)(CC)C(=O)OCC. The van der Waals surface area contributed by atoms with E-state index in [0.717, 1.165) is 25.7 Å². The first-order chi connectivity index (χ1) is 11.5. The smallest absolute Gasteiger partial charge is 0.314 e. The molecule has 0 aromatic carbocycles. The lowest BCUT2D eigenvalue weighted by Crippen LogP contribution is -2.37. The molecule has 1 aliphatic carbocycles. The van der Waals surface area contributed by atoms with E-state index in [1.54, 1.807) is 13.8 Å². The molecule has 1 fully saturated rings. The zero-order valence-corrected chi connectivity index (χ0v) is 15.5. The molecule has 0 radical (unpaired) electrons. The molecule has 0 bridgehead atoms. The van der Waals surface area contributed by atoms with Crippen LogP contribution < -0.4 is 0 Å². The molecule has 0 aromatic heterocycles. The van der Waals surface area contributed by atoms with Gasteiger partial charge in [0.05, 0.1) is 37.3 Å². The highest BCUT2D eigenvalue weighted by molar-refractivity contribution is 5.76. The summed E-state index contributed by atoms with van der Waals surface area (Å²) in [5.41, 5.74) is -0.674. The molecular formula is C18H32O6. The van der Waals surface area contributed by atoms with E-state index in [2.05, 4.69) is 0 Å². The van der Waals surface area contributed by atoms with Gasteiger partial charge in [-0.15, -0.1) is 0 Å². The summed E-state index contributed by atoms with van der Waals surface area (Å²) < 4.78 is 21.6. The van der Waals surface area contributed by atoms with E-state index >= 15 is 0 Å². The first-order valence-electron chi connectivity index (χ1n) is 9.01. The van der Waals surface area contributed by atoms with Gasteiger partial charge in [-0.3, -0.25) is 9.59 Å². The van der Waals surface area contributed by atoms with Gasteiger partial charge in [0.15, 0.2) is 0 Å². The van der Waals surface area contributed by atoms with Crippen molar-refractivity contribution < 1.29 is 28.5 Å². The van der Waals surface area contributed by atoms with Gasteiger partial charge in [-0.25, -0.2) is 0 Å². The highest BCUT2D eigenvalue weighted by atomic mass is 16.7. The van der Waals surface area contributed by atoms with Crippen molar-refractivity contribution in [1.82, 2.24) is 0 Å². The summed E-state index contributed by atoms with van der Waals surface area (Å²) in [5.74, 6) is -0.661. The third-order valence-corrected chi connectivity index (χ3v) is 4.63. The van der Waals surface area contributed by atoms with Gasteiger partial charge in [0.1, 0.15) is 6.79 Å². The number of carbonyl (C=O) groups is 2. The van der Waals surface area contributed by atoms with Crippen molar-refractivity contribution >= 4 is 11.9 Å². The van der Waals surface area contributed by atoms with Crippen molar-refractivity contribution in [3.63, 3.8) is 0 Å². The Morgan fingerprint density at radius 2 is 1.71 bits per heavy atom. The molecule has 3 atom stereocenters. The fourth-order valence-corrected chi connectivity index (χ4v) is 2.83. The Morgan fingerprint density at radius 3 is 2.33 bits per heavy atom. The Bertz CT molecular complexity index is 397. The van der Waals surface area contributed by atoms with E-state index in [4.69, 9.17) is 18.9 Å². The van der Waals surface area contributed by atoms with Crippen LogP contribution >= 0.6 is 0 Å². The van der Waals surface area contributed by atoms with Crippen LogP contribution in [-0.2, 0) is 28.5 Å². The highest BCUT2D eigenvalue weighted by Crippen LogP contribution is 2.28. The molecule has 0 aromatic rings. The van der Waals surface area contributed by atoms with Crippen molar-refractivity contribution in [2.24, 2.45) is 11.3 Å². The lowest BCUT2D eigenvalue weighted by Gasteiger charge is -2.30. The van der Waals surface area contributed by atoms with E-state index in [0.29, 0.717) is 19.6 Å². The van der Waals surface area contributed by atoms with Crippen LogP contribution in [0.1, 0.15) is 59.8 Å². The van der Waals surface area contributed by atoms with Crippen LogP contribution in [0.15, 0.2) is 0 Å². The summed E-state index contributed by atoms with van der Waals surface area (Å²) >= 11 is 0. The van der Waals surface area contributed by atoms with Crippen LogP contribution in [0.4, 0.5) is 0 Å². The normalized spacial score (nSPS) is 23.3. The van der Waals surface area contributed by atoms with Gasteiger partial charge >= 0.3 is 11.9 Å². The third kappa shape index (κ3) is 6.06. The summed E-state index contributed by atoms with van der Waals surface area (Å²) in [6.45, 7) is 8.39. The number of carbonyl (C=O) groups excluding carboxylic acids is 2. The number of hydrogen-bond donors (Lipinski definition) is 0. The minimum atomic E-state index is -0.674. The monoisotopic (exact) mass is 344 g/mol. The maximum absolute atomic E-state index is 12.0. The van der Waals surface area contributed by atoms with Gasteiger partial charge in [-0.1, -0.05) is 19.8 Å². The zero-order valence-electron chi connectivity index (χ0n) is 15.5. The summed E-state index contributed by atoms with van der Waals surface area (Å²) in [4.78, 5) is 24.0. The number of ether oxygens (including phenoxy) is 4. The Kier molecular flexibility index (Phi) is 9.29. The van der Waals surface area contributed by atoms with Crippen LogP contribution in [0, 0.1) is 11.3 Å². The molecule has 0 heterocycles. The van der Waals surface area contributed by atoms with Gasteiger partial charge in [-0.05, 0) is 40.0 Å². The largest absolute Gasteiger partial charge is 0.466 e. The molecule has 0 N–H and O–H groups in total. The van der Waals surface area contributed by atoms with Crippen LogP contribution in [0.3, 0.4) is 0 Å². The van der Waals surface area contributed by atoms with Crippen molar-refractivity contribution in [2.75, 3.05) is 26.6 Å². The molecule has 1 aliphatic rings. The predicted octanol–water partition coefficient (Wildman–Crippen LogP) is 3.08. The van der Waals surface area contributed by atoms with Gasteiger partial charge in [0.2, 0.25) is 0 Å². The molecule has 140 valence electrons. The maximum Gasteiger partial charge on any atom is 0.314 e. The van der Waals surface area contributed by atoms with Gasteiger partial charge in [0, 0.05) is 0 Å². The average Bonchev–Trinajstić information content (AvgIpc) is 2.59. The van der Waals surface area contributed by atoms with Crippen LogP contribution in [0.2, 0.25) is 0 Å². The molecule has 24 heavy (non-hydrogen) atoms. The van der Waals surface area contributed by atoms with E-state index < -0.39 is 5.41 Å². The van der Waals surface area contributed by atoms with Crippen molar-refractivity contribution in [3.05, 3.63) is 0 Å². The third-order valence-electron chi connectivity index (χ3n) is 4.63. The minimum Gasteiger partial charge on any atom is -0.466 e. The standard InChI is InChI=1S/C18H32O6/c1-5-18(4,17(20)23-7-3)12-21-13-24-15-11-9-8-10-14(15)16(19)22-6-2/h14-15H,5-13H2,1-4H3. The van der Waals surface area contributed by atoms with E-state index in [-0.39, 0.29) is 37.4 Å². The summed E-state index contributed by atoms with van der Waals surface area (Å²) in [6.07, 6.45) is 4.13. The topological polar surface area (TPSA) is 71.1 Å².